The number of amides is 3. The molecule has 2 aliphatic heterocycles. The third kappa shape index (κ3) is 3.79. The Morgan fingerprint density at radius 3 is 1.81 bits per heavy atom. The molecule has 3 aliphatic carbocycles. The summed E-state index contributed by atoms with van der Waals surface area (Å²) in [5.41, 5.74) is 5.24. The third-order valence-corrected chi connectivity index (χ3v) is 9.34. The van der Waals surface area contributed by atoms with Gasteiger partial charge in [0.2, 0.25) is 17.7 Å². The molecule has 0 spiro atoms. The minimum atomic E-state index is -0.716. The Morgan fingerprint density at radius 1 is 0.698 bits per heavy atom. The monoisotopic (exact) mass is 572 g/mol. The first-order chi connectivity index (χ1) is 20.9. The second-order valence-corrected chi connectivity index (χ2v) is 11.6. The molecule has 2 heterocycles. The van der Waals surface area contributed by atoms with Crippen molar-refractivity contribution in [2.75, 3.05) is 16.3 Å². The lowest BCUT2D eigenvalue weighted by Crippen LogP contribution is -2.41. The van der Waals surface area contributed by atoms with Gasteiger partial charge in [-0.25, -0.2) is 9.29 Å². The van der Waals surface area contributed by atoms with Crippen LogP contribution in [0.25, 0.3) is 0 Å². The van der Waals surface area contributed by atoms with Gasteiger partial charge < -0.3 is 9.64 Å². The summed E-state index contributed by atoms with van der Waals surface area (Å²) in [6, 6.07) is 28.1. The number of ether oxygens (including phenoxy) is 1. The SMILES string of the molecule is O=C(Oc1cccc(N2C(=O)[C@@H]3C4c5ccccc5C(c5ccccc54)[C@@H]3C2=O)c1)[C@H]1CC(=O)N(c2ccc(F)cc2)C1. The van der Waals surface area contributed by atoms with E-state index in [0.717, 1.165) is 22.3 Å². The number of hydrogen-bond acceptors (Lipinski definition) is 5. The standard InChI is InChI=1S/C35H25FN2O5/c36-20-12-14-21(15-13-20)37-18-19(16-28(37)39)35(42)43-23-7-5-6-22(17-23)38-33(40)31-29-24-8-1-2-9-25(24)30(32(31)34(38)41)27-11-4-3-10-26(27)29/h1-15,17,19,29-32H,16,18H2/t19-,29?,30?,31-,32+/m0/s1. The molecular weight excluding hydrogens is 547 g/mol. The van der Waals surface area contributed by atoms with Gasteiger partial charge in [-0.3, -0.25) is 19.2 Å². The van der Waals surface area contributed by atoms with Gasteiger partial charge in [0.05, 0.1) is 23.4 Å². The molecule has 0 aromatic heterocycles. The van der Waals surface area contributed by atoms with Crippen molar-refractivity contribution in [2.24, 2.45) is 17.8 Å². The molecule has 3 atom stereocenters. The highest BCUT2D eigenvalue weighted by Gasteiger charge is 2.61. The first-order valence-corrected chi connectivity index (χ1v) is 14.3. The molecule has 9 rings (SSSR count). The van der Waals surface area contributed by atoms with Gasteiger partial charge in [0.1, 0.15) is 11.6 Å². The van der Waals surface area contributed by atoms with Crippen molar-refractivity contribution in [3.05, 3.63) is 125 Å². The molecular formula is C35H25FN2O5. The van der Waals surface area contributed by atoms with Gasteiger partial charge >= 0.3 is 5.97 Å². The number of anilines is 2. The normalized spacial score (nSPS) is 25.0. The fourth-order valence-electron chi connectivity index (χ4n) is 7.55. The topological polar surface area (TPSA) is 84.0 Å². The molecule has 2 bridgehead atoms. The Bertz CT molecular complexity index is 1740. The molecule has 5 aliphatic rings. The Kier molecular flexibility index (Phi) is 5.63. The number of benzene rings is 4. The highest BCUT2D eigenvalue weighted by Crippen LogP contribution is 2.61. The van der Waals surface area contributed by atoms with Crippen molar-refractivity contribution in [2.45, 2.75) is 18.3 Å². The number of esters is 1. The van der Waals surface area contributed by atoms with Crippen LogP contribution in [0.15, 0.2) is 97.1 Å². The highest BCUT2D eigenvalue weighted by molar-refractivity contribution is 6.23. The highest BCUT2D eigenvalue weighted by atomic mass is 19.1. The number of nitrogens with zero attached hydrogens (tertiary/aromatic N) is 2. The lowest BCUT2D eigenvalue weighted by atomic mass is 9.55. The predicted octanol–water partition coefficient (Wildman–Crippen LogP) is 5.18. The van der Waals surface area contributed by atoms with Crippen molar-refractivity contribution in [3.8, 4) is 5.75 Å². The Hall–Kier alpha value is -5.11. The van der Waals surface area contributed by atoms with E-state index in [2.05, 4.69) is 24.3 Å². The maximum atomic E-state index is 14.1. The van der Waals surface area contributed by atoms with Crippen LogP contribution in [-0.4, -0.2) is 30.2 Å². The molecule has 43 heavy (non-hydrogen) atoms. The van der Waals surface area contributed by atoms with E-state index in [1.165, 1.54) is 40.1 Å². The van der Waals surface area contributed by atoms with Crippen LogP contribution in [0.4, 0.5) is 15.8 Å². The molecule has 2 fully saturated rings. The molecule has 4 aromatic rings. The second-order valence-electron chi connectivity index (χ2n) is 11.6. The van der Waals surface area contributed by atoms with Crippen LogP contribution in [0.1, 0.15) is 40.5 Å². The number of carbonyl (C=O) groups excluding carboxylic acids is 4. The number of carbonyl (C=O) groups is 4. The molecule has 2 saturated heterocycles. The van der Waals surface area contributed by atoms with E-state index in [0.29, 0.717) is 11.4 Å². The summed E-state index contributed by atoms with van der Waals surface area (Å²) in [7, 11) is 0. The van der Waals surface area contributed by atoms with E-state index >= 15 is 0 Å². The Morgan fingerprint density at radius 2 is 1.26 bits per heavy atom. The van der Waals surface area contributed by atoms with Gasteiger partial charge in [-0.05, 0) is 58.7 Å². The average Bonchev–Trinajstić information content (AvgIpc) is 3.54. The minimum absolute atomic E-state index is 0.0355. The van der Waals surface area contributed by atoms with Crippen molar-refractivity contribution in [1.82, 2.24) is 0 Å². The van der Waals surface area contributed by atoms with Gasteiger partial charge in [-0.1, -0.05) is 54.6 Å². The summed E-state index contributed by atoms with van der Waals surface area (Å²) in [6.07, 6.45) is -0.0355. The fourth-order valence-corrected chi connectivity index (χ4v) is 7.55. The van der Waals surface area contributed by atoms with Gasteiger partial charge in [0.25, 0.3) is 0 Å². The number of hydrogen-bond donors (Lipinski definition) is 0. The third-order valence-electron chi connectivity index (χ3n) is 9.34. The molecule has 8 heteroatoms. The summed E-state index contributed by atoms with van der Waals surface area (Å²) < 4.78 is 19.0. The van der Waals surface area contributed by atoms with Crippen molar-refractivity contribution < 1.29 is 28.3 Å². The van der Waals surface area contributed by atoms with Gasteiger partial charge in [0.15, 0.2) is 0 Å². The van der Waals surface area contributed by atoms with E-state index in [4.69, 9.17) is 4.74 Å². The van der Waals surface area contributed by atoms with Crippen LogP contribution >= 0.6 is 0 Å². The summed E-state index contributed by atoms with van der Waals surface area (Å²) >= 11 is 0. The molecule has 0 saturated carbocycles. The van der Waals surface area contributed by atoms with E-state index in [1.54, 1.807) is 18.2 Å². The predicted molar refractivity (Wildman–Crippen MR) is 155 cm³/mol. The van der Waals surface area contributed by atoms with Gasteiger partial charge in [-0.15, -0.1) is 0 Å². The van der Waals surface area contributed by atoms with Crippen LogP contribution in [0.2, 0.25) is 0 Å². The van der Waals surface area contributed by atoms with E-state index in [-0.39, 0.29) is 48.3 Å². The largest absolute Gasteiger partial charge is 0.426 e. The molecule has 3 amide bonds. The Labute approximate surface area is 246 Å². The zero-order chi connectivity index (χ0) is 29.4. The second kappa shape index (κ2) is 9.46. The molecule has 0 radical (unpaired) electrons. The lowest BCUT2D eigenvalue weighted by Gasteiger charge is -2.45. The van der Waals surface area contributed by atoms with E-state index < -0.39 is 29.5 Å². The molecule has 212 valence electrons. The lowest BCUT2D eigenvalue weighted by molar-refractivity contribution is -0.139. The maximum Gasteiger partial charge on any atom is 0.316 e. The van der Waals surface area contributed by atoms with Crippen molar-refractivity contribution in [3.63, 3.8) is 0 Å². The van der Waals surface area contributed by atoms with Gasteiger partial charge in [0, 0.05) is 36.6 Å². The smallest absolute Gasteiger partial charge is 0.316 e. The number of rotatable bonds is 4. The zero-order valence-corrected chi connectivity index (χ0v) is 22.9. The first-order valence-electron chi connectivity index (χ1n) is 14.3. The molecule has 0 N–H and O–H groups in total. The average molecular weight is 573 g/mol. The quantitative estimate of drug-likeness (QED) is 0.191. The molecule has 4 aromatic carbocycles. The summed E-state index contributed by atoms with van der Waals surface area (Å²) in [6.45, 7) is 0.110. The van der Waals surface area contributed by atoms with Crippen LogP contribution in [0.5, 0.6) is 5.75 Å². The van der Waals surface area contributed by atoms with Crippen LogP contribution in [0.3, 0.4) is 0 Å². The summed E-state index contributed by atoms with van der Waals surface area (Å²) in [4.78, 5) is 56.5. The number of imide groups is 1. The Balaban J connectivity index is 1.06. The van der Waals surface area contributed by atoms with Gasteiger partial charge in [-0.2, -0.15) is 0 Å². The molecule has 0 unspecified atom stereocenters. The van der Waals surface area contributed by atoms with Crippen LogP contribution in [0, 0.1) is 23.6 Å². The van der Waals surface area contributed by atoms with Crippen molar-refractivity contribution >= 4 is 35.1 Å². The van der Waals surface area contributed by atoms with Crippen LogP contribution in [-0.2, 0) is 19.2 Å². The summed E-state index contributed by atoms with van der Waals surface area (Å²) in [5, 5.41) is 0. The number of halogens is 1. The van der Waals surface area contributed by atoms with E-state index in [9.17, 15) is 23.6 Å². The zero-order valence-electron chi connectivity index (χ0n) is 22.9. The van der Waals surface area contributed by atoms with Crippen LogP contribution < -0.4 is 14.5 Å². The minimum Gasteiger partial charge on any atom is -0.426 e. The first kappa shape index (κ1) is 25.6. The van der Waals surface area contributed by atoms with E-state index in [1.807, 2.05) is 24.3 Å². The molecule has 7 nitrogen and oxygen atoms in total. The fraction of sp³-hybridized carbons (Fsp3) is 0.200. The summed E-state index contributed by atoms with van der Waals surface area (Å²) in [5.74, 6) is -3.77. The maximum absolute atomic E-state index is 14.1. The van der Waals surface area contributed by atoms with Crippen molar-refractivity contribution in [1.29, 1.82) is 0 Å².